The number of amides is 2. The van der Waals surface area contributed by atoms with Crippen molar-refractivity contribution in [2.75, 3.05) is 31.1 Å². The van der Waals surface area contributed by atoms with Gasteiger partial charge in [-0.05, 0) is 38.9 Å². The molecule has 0 spiro atoms. The van der Waals surface area contributed by atoms with E-state index in [1.165, 1.54) is 4.90 Å². The highest BCUT2D eigenvalue weighted by Crippen LogP contribution is 2.29. The maximum absolute atomic E-state index is 12.9. The number of anilines is 1. The zero-order valence-corrected chi connectivity index (χ0v) is 20.5. The minimum atomic E-state index is -1.16. The Morgan fingerprint density at radius 3 is 2.61 bits per heavy atom. The van der Waals surface area contributed by atoms with E-state index in [4.69, 9.17) is 9.47 Å². The number of piperazine rings is 1. The van der Waals surface area contributed by atoms with Crippen LogP contribution in [0.3, 0.4) is 0 Å². The Balaban J connectivity index is 1.73. The van der Waals surface area contributed by atoms with Crippen molar-refractivity contribution in [1.29, 1.82) is 0 Å². The van der Waals surface area contributed by atoms with Crippen LogP contribution in [0, 0.1) is 0 Å². The van der Waals surface area contributed by atoms with E-state index in [0.29, 0.717) is 26.4 Å². The molecule has 1 aliphatic heterocycles. The van der Waals surface area contributed by atoms with E-state index in [9.17, 15) is 9.59 Å². The fraction of sp³-hybridized carbons (Fsp3) is 0.591. The predicted octanol–water partition coefficient (Wildman–Crippen LogP) is 3.93. The van der Waals surface area contributed by atoms with Gasteiger partial charge in [-0.15, -0.1) is 0 Å². The fourth-order valence-corrected chi connectivity index (χ4v) is 4.13. The SMILES string of the molecule is CC(C)(C)OC(=O)N1CCN(c2cn(COCC[Si](C)(C)C)c3ncccc23)C(=O)C1. The lowest BCUT2D eigenvalue weighted by molar-refractivity contribution is -0.121. The second-order valence-corrected chi connectivity index (χ2v) is 15.8. The molecule has 3 heterocycles. The van der Waals surface area contributed by atoms with Gasteiger partial charge in [-0.1, -0.05) is 19.6 Å². The minimum absolute atomic E-state index is 0.00540. The molecule has 0 bridgehead atoms. The summed E-state index contributed by atoms with van der Waals surface area (Å²) in [6.45, 7) is 14.3. The molecule has 0 radical (unpaired) electrons. The third-order valence-corrected chi connectivity index (χ3v) is 6.71. The van der Waals surface area contributed by atoms with Crippen LogP contribution in [0.2, 0.25) is 25.7 Å². The van der Waals surface area contributed by atoms with Gasteiger partial charge in [0.1, 0.15) is 24.5 Å². The molecule has 3 rings (SSSR count). The van der Waals surface area contributed by atoms with Crippen molar-refractivity contribution in [1.82, 2.24) is 14.5 Å². The molecule has 1 aliphatic rings. The first kappa shape index (κ1) is 23.3. The molecule has 2 amide bonds. The smallest absolute Gasteiger partial charge is 0.410 e. The molecule has 0 aromatic carbocycles. The van der Waals surface area contributed by atoms with Crippen molar-refractivity contribution in [3.05, 3.63) is 24.5 Å². The highest BCUT2D eigenvalue weighted by molar-refractivity contribution is 6.76. The second kappa shape index (κ2) is 9.00. The summed E-state index contributed by atoms with van der Waals surface area (Å²) >= 11 is 0. The van der Waals surface area contributed by atoms with Gasteiger partial charge in [0.25, 0.3) is 0 Å². The largest absolute Gasteiger partial charge is 0.444 e. The van der Waals surface area contributed by atoms with Crippen LogP contribution in [0.4, 0.5) is 10.5 Å². The summed E-state index contributed by atoms with van der Waals surface area (Å²) < 4.78 is 13.3. The van der Waals surface area contributed by atoms with Crippen molar-refractivity contribution in [2.24, 2.45) is 0 Å². The van der Waals surface area contributed by atoms with E-state index < -0.39 is 19.8 Å². The summed E-state index contributed by atoms with van der Waals surface area (Å²) in [5, 5.41) is 0.898. The summed E-state index contributed by atoms with van der Waals surface area (Å²) in [5.74, 6) is -0.139. The van der Waals surface area contributed by atoms with Crippen molar-refractivity contribution >= 4 is 36.8 Å². The molecular formula is C22H34N4O4Si. The van der Waals surface area contributed by atoms with Gasteiger partial charge in [0.2, 0.25) is 5.91 Å². The lowest BCUT2D eigenvalue weighted by Crippen LogP contribution is -2.53. The minimum Gasteiger partial charge on any atom is -0.444 e. The maximum Gasteiger partial charge on any atom is 0.410 e. The molecule has 0 atom stereocenters. The van der Waals surface area contributed by atoms with Gasteiger partial charge in [0.15, 0.2) is 0 Å². The number of ether oxygens (including phenoxy) is 2. The molecule has 0 N–H and O–H groups in total. The molecule has 1 fully saturated rings. The van der Waals surface area contributed by atoms with E-state index in [-0.39, 0.29) is 12.5 Å². The summed E-state index contributed by atoms with van der Waals surface area (Å²) in [4.78, 5) is 32.9. The van der Waals surface area contributed by atoms with Crippen LogP contribution < -0.4 is 4.90 Å². The average molecular weight is 447 g/mol. The second-order valence-electron chi connectivity index (χ2n) is 10.2. The fourth-order valence-electron chi connectivity index (χ4n) is 3.37. The van der Waals surface area contributed by atoms with E-state index in [1.807, 2.05) is 43.7 Å². The molecule has 8 nitrogen and oxygen atoms in total. The Morgan fingerprint density at radius 1 is 1.23 bits per heavy atom. The van der Waals surface area contributed by atoms with Gasteiger partial charge in [-0.2, -0.15) is 0 Å². The summed E-state index contributed by atoms with van der Waals surface area (Å²) in [5.41, 5.74) is 0.991. The Kier molecular flexibility index (Phi) is 6.75. The Hall–Kier alpha value is -2.39. The van der Waals surface area contributed by atoms with E-state index in [1.54, 1.807) is 11.1 Å². The van der Waals surface area contributed by atoms with Gasteiger partial charge in [0.05, 0.1) is 5.69 Å². The van der Waals surface area contributed by atoms with Crippen molar-refractivity contribution in [3.8, 4) is 0 Å². The summed E-state index contributed by atoms with van der Waals surface area (Å²) in [6.07, 6.45) is 3.21. The number of fused-ring (bicyclic) bond motifs is 1. The first-order chi connectivity index (χ1) is 14.4. The number of carbonyl (C=O) groups excluding carboxylic acids is 2. The van der Waals surface area contributed by atoms with Crippen LogP contribution in [-0.4, -0.2) is 66.4 Å². The van der Waals surface area contributed by atoms with Crippen molar-refractivity contribution in [2.45, 2.75) is 58.8 Å². The van der Waals surface area contributed by atoms with E-state index in [0.717, 1.165) is 22.8 Å². The molecule has 0 unspecified atom stereocenters. The zero-order valence-electron chi connectivity index (χ0n) is 19.5. The number of hydrogen-bond acceptors (Lipinski definition) is 5. The van der Waals surface area contributed by atoms with E-state index >= 15 is 0 Å². The van der Waals surface area contributed by atoms with Gasteiger partial charge >= 0.3 is 6.09 Å². The van der Waals surface area contributed by atoms with Crippen LogP contribution in [0.1, 0.15) is 20.8 Å². The summed E-state index contributed by atoms with van der Waals surface area (Å²) in [6, 6.07) is 4.92. The van der Waals surface area contributed by atoms with E-state index in [2.05, 4.69) is 24.6 Å². The predicted molar refractivity (Wildman–Crippen MR) is 124 cm³/mol. The molecule has 31 heavy (non-hydrogen) atoms. The monoisotopic (exact) mass is 446 g/mol. The normalized spacial score (nSPS) is 15.6. The van der Waals surface area contributed by atoms with Crippen molar-refractivity contribution in [3.63, 3.8) is 0 Å². The Morgan fingerprint density at radius 2 is 1.97 bits per heavy atom. The van der Waals surface area contributed by atoms with Gasteiger partial charge < -0.3 is 18.9 Å². The zero-order chi connectivity index (χ0) is 22.8. The van der Waals surface area contributed by atoms with Crippen LogP contribution in [0.5, 0.6) is 0 Å². The van der Waals surface area contributed by atoms with Crippen LogP contribution in [0.25, 0.3) is 11.0 Å². The number of nitrogens with zero attached hydrogens (tertiary/aromatic N) is 4. The summed E-state index contributed by atoms with van der Waals surface area (Å²) in [7, 11) is -1.16. The lowest BCUT2D eigenvalue weighted by Gasteiger charge is -2.34. The first-order valence-electron chi connectivity index (χ1n) is 10.7. The standard InChI is InChI=1S/C22H34N4O4Si/c1-22(2,3)30-21(28)24-10-11-26(19(27)15-24)18-14-25(16-29-12-13-31(4,5)6)20-17(18)8-7-9-23-20/h7-9,14H,10-13,15-16H2,1-6H3. The lowest BCUT2D eigenvalue weighted by atomic mass is 10.2. The highest BCUT2D eigenvalue weighted by Gasteiger charge is 2.32. The molecule has 0 aliphatic carbocycles. The molecule has 9 heteroatoms. The Labute approximate surface area is 185 Å². The van der Waals surface area contributed by atoms with Crippen LogP contribution >= 0.6 is 0 Å². The number of hydrogen-bond donors (Lipinski definition) is 0. The topological polar surface area (TPSA) is 76.9 Å². The van der Waals surface area contributed by atoms with Crippen molar-refractivity contribution < 1.29 is 19.1 Å². The Bertz CT molecular complexity index is 945. The maximum atomic E-state index is 12.9. The molecule has 1 saturated heterocycles. The molecule has 2 aromatic heterocycles. The third-order valence-electron chi connectivity index (χ3n) is 5.00. The molecular weight excluding hydrogens is 412 g/mol. The molecule has 0 saturated carbocycles. The number of pyridine rings is 1. The first-order valence-corrected chi connectivity index (χ1v) is 14.5. The average Bonchev–Trinajstić information content (AvgIpc) is 3.02. The number of aromatic nitrogens is 2. The van der Waals surface area contributed by atoms with Crippen LogP contribution in [0.15, 0.2) is 24.5 Å². The van der Waals surface area contributed by atoms with Gasteiger partial charge in [-0.3, -0.25) is 9.69 Å². The quantitative estimate of drug-likeness (QED) is 0.496. The molecule has 2 aromatic rings. The van der Waals surface area contributed by atoms with Gasteiger partial charge in [0, 0.05) is 45.6 Å². The number of rotatable bonds is 6. The van der Waals surface area contributed by atoms with Crippen LogP contribution in [-0.2, 0) is 21.0 Å². The van der Waals surface area contributed by atoms with Gasteiger partial charge in [-0.25, -0.2) is 9.78 Å². The highest BCUT2D eigenvalue weighted by atomic mass is 28.3. The third kappa shape index (κ3) is 6.07. The molecule has 170 valence electrons. The number of carbonyl (C=O) groups is 2.